The summed E-state index contributed by atoms with van der Waals surface area (Å²) >= 11 is 6.06. The summed E-state index contributed by atoms with van der Waals surface area (Å²) in [4.78, 5) is 41.2. The van der Waals surface area contributed by atoms with Crippen LogP contribution in [0.2, 0.25) is 5.15 Å². The smallest absolute Gasteiger partial charge is 0.326 e. The lowest BCUT2D eigenvalue weighted by atomic mass is 10.1. The Labute approximate surface area is 241 Å². The number of sulfone groups is 1. The van der Waals surface area contributed by atoms with Gasteiger partial charge in [0, 0.05) is 17.8 Å². The van der Waals surface area contributed by atoms with Gasteiger partial charge in [-0.15, -0.1) is 0 Å². The van der Waals surface area contributed by atoms with Gasteiger partial charge in [-0.1, -0.05) is 54.1 Å². The number of hydrogen-bond acceptors (Lipinski definition) is 6. The number of hydrogen-bond donors (Lipinski definition) is 4. The topological polar surface area (TPSA) is 155 Å². The van der Waals surface area contributed by atoms with Crippen LogP contribution in [0, 0.1) is 6.92 Å². The van der Waals surface area contributed by atoms with E-state index in [2.05, 4.69) is 20.9 Å². The number of rotatable bonds is 9. The highest BCUT2D eigenvalue weighted by atomic mass is 35.5. The van der Waals surface area contributed by atoms with Gasteiger partial charge in [0.05, 0.1) is 21.0 Å². The molecule has 0 saturated heterocycles. The maximum Gasteiger partial charge on any atom is 0.326 e. The second kappa shape index (κ2) is 12.6. The summed E-state index contributed by atoms with van der Waals surface area (Å²) in [7, 11) is -3.94. The molecule has 0 aliphatic carbocycles. The molecule has 12 heteroatoms. The van der Waals surface area contributed by atoms with Crippen molar-refractivity contribution in [3.63, 3.8) is 0 Å². The van der Waals surface area contributed by atoms with Gasteiger partial charge < -0.3 is 21.1 Å². The third-order valence-electron chi connectivity index (χ3n) is 5.97. The van der Waals surface area contributed by atoms with Crippen LogP contribution in [0.15, 0.2) is 101 Å². The standard InChI is InChI=1S/C29H25ClN4O6S/c1-18-11-16-22(26(30)31-18)27(35)32-20-14-12-19(13-15-20)17-24(28(36)37)34-29(38)33-23-9-5-6-10-25(23)41(39,40)21-7-3-2-4-8-21/h2-16,24H,17H2,1H3,(H,32,35)(H,36,37)(H2,33,34,38). The number of urea groups is 1. The molecule has 0 spiro atoms. The summed E-state index contributed by atoms with van der Waals surface area (Å²) in [5, 5.41) is 17.3. The van der Waals surface area contributed by atoms with Crippen LogP contribution in [0.25, 0.3) is 0 Å². The first kappa shape index (κ1) is 29.2. The number of aryl methyl sites for hydroxylation is 1. The molecule has 4 rings (SSSR count). The van der Waals surface area contributed by atoms with Crippen LogP contribution in [-0.4, -0.2) is 42.5 Å². The van der Waals surface area contributed by atoms with Gasteiger partial charge in [-0.3, -0.25) is 4.79 Å². The van der Waals surface area contributed by atoms with Crippen molar-refractivity contribution in [2.24, 2.45) is 0 Å². The number of benzene rings is 3. The molecule has 1 aromatic heterocycles. The summed E-state index contributed by atoms with van der Waals surface area (Å²) in [6.45, 7) is 1.75. The molecule has 1 atom stereocenters. The van der Waals surface area contributed by atoms with Crippen molar-refractivity contribution in [2.75, 3.05) is 10.6 Å². The number of amides is 3. The molecule has 1 heterocycles. The monoisotopic (exact) mass is 592 g/mol. The van der Waals surface area contributed by atoms with Crippen LogP contribution < -0.4 is 16.0 Å². The van der Waals surface area contributed by atoms with Crippen molar-refractivity contribution in [3.8, 4) is 0 Å². The summed E-state index contributed by atoms with van der Waals surface area (Å²) in [6.07, 6.45) is -0.0748. The number of carbonyl (C=O) groups is 3. The quantitative estimate of drug-likeness (QED) is 0.201. The van der Waals surface area contributed by atoms with Gasteiger partial charge in [0.2, 0.25) is 9.84 Å². The zero-order valence-electron chi connectivity index (χ0n) is 21.7. The number of carboxylic acid groups (broad SMARTS) is 1. The molecular weight excluding hydrogens is 568 g/mol. The van der Waals surface area contributed by atoms with Crippen molar-refractivity contribution in [1.29, 1.82) is 0 Å². The fourth-order valence-corrected chi connectivity index (χ4v) is 5.62. The Bertz CT molecular complexity index is 1700. The van der Waals surface area contributed by atoms with E-state index in [1.54, 1.807) is 67.6 Å². The first-order chi connectivity index (χ1) is 19.5. The minimum atomic E-state index is -3.94. The number of pyridine rings is 1. The lowest BCUT2D eigenvalue weighted by molar-refractivity contribution is -0.139. The molecule has 4 aromatic rings. The van der Waals surface area contributed by atoms with Crippen molar-refractivity contribution in [3.05, 3.63) is 113 Å². The van der Waals surface area contributed by atoms with E-state index in [-0.39, 0.29) is 32.6 Å². The zero-order chi connectivity index (χ0) is 29.6. The van der Waals surface area contributed by atoms with Gasteiger partial charge in [-0.2, -0.15) is 0 Å². The van der Waals surface area contributed by atoms with E-state index in [9.17, 15) is 27.9 Å². The van der Waals surface area contributed by atoms with Crippen LogP contribution in [0.3, 0.4) is 0 Å². The predicted molar refractivity (Wildman–Crippen MR) is 154 cm³/mol. The number of anilines is 2. The van der Waals surface area contributed by atoms with Crippen LogP contribution in [0.1, 0.15) is 21.6 Å². The van der Waals surface area contributed by atoms with Crippen LogP contribution in [-0.2, 0) is 21.1 Å². The number of para-hydroxylation sites is 1. The number of carbonyl (C=O) groups excluding carboxylic acids is 2. The van der Waals surface area contributed by atoms with Crippen molar-refractivity contribution in [1.82, 2.24) is 10.3 Å². The third kappa shape index (κ3) is 7.27. The van der Waals surface area contributed by atoms with Crippen LogP contribution >= 0.6 is 11.6 Å². The van der Waals surface area contributed by atoms with Gasteiger partial charge in [-0.05, 0) is 61.0 Å². The molecule has 210 valence electrons. The fourth-order valence-electron chi connectivity index (χ4n) is 3.90. The Hall–Kier alpha value is -4.74. The van der Waals surface area contributed by atoms with E-state index in [4.69, 9.17) is 11.6 Å². The summed E-state index contributed by atoms with van der Waals surface area (Å²) < 4.78 is 26.2. The van der Waals surface area contributed by atoms with Gasteiger partial charge >= 0.3 is 12.0 Å². The van der Waals surface area contributed by atoms with Gasteiger partial charge in [0.15, 0.2) is 0 Å². The van der Waals surface area contributed by atoms with Gasteiger partial charge in [0.1, 0.15) is 11.2 Å². The number of aromatic nitrogens is 1. The zero-order valence-corrected chi connectivity index (χ0v) is 23.2. The van der Waals surface area contributed by atoms with E-state index >= 15 is 0 Å². The molecular formula is C29H25ClN4O6S. The first-order valence-corrected chi connectivity index (χ1v) is 14.1. The Balaban J connectivity index is 1.42. The SMILES string of the molecule is Cc1ccc(C(=O)Nc2ccc(CC(NC(=O)Nc3ccccc3S(=O)(=O)c3ccccc3)C(=O)O)cc2)c(Cl)n1. The summed E-state index contributed by atoms with van der Waals surface area (Å²) in [5.41, 5.74) is 1.90. The molecule has 4 N–H and O–H groups in total. The van der Waals surface area contributed by atoms with E-state index in [1.165, 1.54) is 30.3 Å². The molecule has 1 unspecified atom stereocenters. The predicted octanol–water partition coefficient (Wildman–Crippen LogP) is 4.95. The molecule has 0 fully saturated rings. The molecule has 41 heavy (non-hydrogen) atoms. The molecule has 3 amide bonds. The minimum absolute atomic E-state index is 0.00182. The summed E-state index contributed by atoms with van der Waals surface area (Å²) in [6, 6.07) is 21.0. The van der Waals surface area contributed by atoms with Gasteiger partial charge in [0.25, 0.3) is 5.91 Å². The van der Waals surface area contributed by atoms with Crippen molar-refractivity contribution >= 4 is 50.7 Å². The second-order valence-electron chi connectivity index (χ2n) is 8.95. The van der Waals surface area contributed by atoms with Crippen molar-refractivity contribution < 1.29 is 27.9 Å². The average Bonchev–Trinajstić information content (AvgIpc) is 2.94. The van der Waals surface area contributed by atoms with E-state index in [0.29, 0.717) is 16.9 Å². The Kier molecular flexibility index (Phi) is 9.00. The molecule has 3 aromatic carbocycles. The Morgan fingerprint density at radius 1 is 0.878 bits per heavy atom. The van der Waals surface area contributed by atoms with Gasteiger partial charge in [-0.25, -0.2) is 23.0 Å². The second-order valence-corrected chi connectivity index (χ2v) is 11.2. The molecule has 0 aliphatic heterocycles. The highest BCUT2D eigenvalue weighted by Crippen LogP contribution is 2.27. The molecule has 0 radical (unpaired) electrons. The fraction of sp³-hybridized carbons (Fsp3) is 0.103. The first-order valence-electron chi connectivity index (χ1n) is 12.3. The molecule has 0 bridgehead atoms. The molecule has 0 aliphatic rings. The van der Waals surface area contributed by atoms with Crippen LogP contribution in [0.4, 0.5) is 16.2 Å². The van der Waals surface area contributed by atoms with Crippen molar-refractivity contribution in [2.45, 2.75) is 29.2 Å². The average molecular weight is 593 g/mol. The normalized spacial score (nSPS) is 11.8. The number of carboxylic acids is 1. The number of nitrogens with zero attached hydrogens (tertiary/aromatic N) is 1. The van der Waals surface area contributed by atoms with E-state index in [0.717, 1.165) is 0 Å². The minimum Gasteiger partial charge on any atom is -0.480 e. The number of halogens is 1. The summed E-state index contributed by atoms with van der Waals surface area (Å²) in [5.74, 6) is -1.74. The highest BCUT2D eigenvalue weighted by molar-refractivity contribution is 7.91. The lowest BCUT2D eigenvalue weighted by Crippen LogP contribution is -2.44. The third-order valence-corrected chi connectivity index (χ3v) is 8.08. The maximum atomic E-state index is 13.1. The largest absolute Gasteiger partial charge is 0.480 e. The van der Waals surface area contributed by atoms with E-state index < -0.39 is 33.8 Å². The van der Waals surface area contributed by atoms with E-state index in [1.807, 2.05) is 0 Å². The number of nitrogens with one attached hydrogen (secondary N) is 3. The van der Waals surface area contributed by atoms with Crippen LogP contribution in [0.5, 0.6) is 0 Å². The Morgan fingerprint density at radius 3 is 2.20 bits per heavy atom. The Morgan fingerprint density at radius 2 is 1.54 bits per heavy atom. The number of aliphatic carboxylic acids is 1. The lowest BCUT2D eigenvalue weighted by Gasteiger charge is -2.17. The maximum absolute atomic E-state index is 13.1. The molecule has 0 saturated carbocycles. The molecule has 10 nitrogen and oxygen atoms in total. The highest BCUT2D eigenvalue weighted by Gasteiger charge is 2.24.